The van der Waals surface area contributed by atoms with E-state index < -0.39 is 22.5 Å². The van der Waals surface area contributed by atoms with Crippen LogP contribution in [-0.2, 0) is 28.4 Å². The highest BCUT2D eigenvalue weighted by atomic mass is 32.2. The average molecular weight is 414 g/mol. The zero-order valence-electron chi connectivity index (χ0n) is 17.5. The summed E-state index contributed by atoms with van der Waals surface area (Å²) in [6.45, 7) is 5.48. The number of benzene rings is 2. The lowest BCUT2D eigenvalue weighted by Crippen LogP contribution is -2.42. The van der Waals surface area contributed by atoms with Crippen molar-refractivity contribution in [2.24, 2.45) is 0 Å². The quantitative estimate of drug-likeness (QED) is 0.628. The molecule has 0 fully saturated rings. The van der Waals surface area contributed by atoms with Crippen molar-refractivity contribution in [3.8, 4) is 0 Å². The Labute approximate surface area is 176 Å². The van der Waals surface area contributed by atoms with E-state index in [0.717, 1.165) is 18.4 Å². The highest BCUT2D eigenvalue weighted by Crippen LogP contribution is 2.10. The smallest absolute Gasteiger partial charge is 0.407 e. The molecule has 0 saturated carbocycles. The van der Waals surface area contributed by atoms with Gasteiger partial charge in [0, 0.05) is 22.6 Å². The molecular weight excluding hydrogens is 382 g/mol. The number of ether oxygens (including phenoxy) is 1. The van der Waals surface area contributed by atoms with Gasteiger partial charge in [-0.05, 0) is 56.6 Å². The van der Waals surface area contributed by atoms with Crippen LogP contribution in [0.2, 0.25) is 0 Å². The molecule has 0 spiro atoms. The van der Waals surface area contributed by atoms with E-state index in [2.05, 4.69) is 17.4 Å². The lowest BCUT2D eigenvalue weighted by molar-refractivity contribution is 0.0509. The zero-order valence-corrected chi connectivity index (χ0v) is 18.3. The van der Waals surface area contributed by atoms with E-state index in [9.17, 15) is 9.00 Å². The number of alkyl carbamates (subject to hydrolysis) is 1. The van der Waals surface area contributed by atoms with Crippen molar-refractivity contribution in [3.05, 3.63) is 83.3 Å². The van der Waals surface area contributed by atoms with Crippen molar-refractivity contribution in [1.82, 2.24) is 5.32 Å². The molecular formula is C24H31NO3S. The van der Waals surface area contributed by atoms with E-state index in [1.165, 1.54) is 5.56 Å². The van der Waals surface area contributed by atoms with Crippen LogP contribution in [0.15, 0.2) is 72.1 Å². The average Bonchev–Trinajstić information content (AvgIpc) is 2.65. The normalized spacial score (nSPS) is 13.8. The first kappa shape index (κ1) is 22.9. The molecule has 0 heterocycles. The molecule has 156 valence electrons. The van der Waals surface area contributed by atoms with E-state index >= 15 is 0 Å². The first-order valence-electron chi connectivity index (χ1n) is 9.93. The van der Waals surface area contributed by atoms with Crippen molar-refractivity contribution >= 4 is 16.9 Å². The maximum absolute atomic E-state index is 12.6. The molecule has 0 radical (unpaired) electrons. The number of carbonyl (C=O) groups excluding carboxylic acids is 1. The SMILES string of the molecule is CC(C)(C)OC(=O)NC(Cc1ccccc1)CS(=O)/C=C/CCc1ccccc1. The van der Waals surface area contributed by atoms with Gasteiger partial charge in [-0.25, -0.2) is 4.79 Å². The Balaban J connectivity index is 1.91. The van der Waals surface area contributed by atoms with Crippen LogP contribution in [0.4, 0.5) is 4.79 Å². The summed E-state index contributed by atoms with van der Waals surface area (Å²) in [7, 11) is -1.17. The van der Waals surface area contributed by atoms with Crippen LogP contribution < -0.4 is 5.32 Å². The van der Waals surface area contributed by atoms with Crippen molar-refractivity contribution in [2.75, 3.05) is 5.75 Å². The van der Waals surface area contributed by atoms with Crippen LogP contribution in [0.1, 0.15) is 38.3 Å². The minimum Gasteiger partial charge on any atom is -0.444 e. The Bertz CT molecular complexity index is 798. The van der Waals surface area contributed by atoms with Crippen molar-refractivity contribution in [3.63, 3.8) is 0 Å². The summed E-state index contributed by atoms with van der Waals surface area (Å²) in [5.74, 6) is 0.343. The lowest BCUT2D eigenvalue weighted by Gasteiger charge is -2.23. The number of carbonyl (C=O) groups is 1. The van der Waals surface area contributed by atoms with Crippen LogP contribution in [-0.4, -0.2) is 27.7 Å². The molecule has 1 amide bonds. The van der Waals surface area contributed by atoms with Gasteiger partial charge in [-0.3, -0.25) is 4.21 Å². The largest absolute Gasteiger partial charge is 0.444 e. The van der Waals surface area contributed by atoms with Crippen LogP contribution in [0.3, 0.4) is 0 Å². The molecule has 5 heteroatoms. The number of allylic oxidation sites excluding steroid dienone is 1. The Morgan fingerprint density at radius 1 is 1.03 bits per heavy atom. The van der Waals surface area contributed by atoms with Gasteiger partial charge in [0.05, 0.1) is 0 Å². The fourth-order valence-corrected chi connectivity index (χ4v) is 3.91. The van der Waals surface area contributed by atoms with Gasteiger partial charge in [0.2, 0.25) is 0 Å². The molecule has 0 aliphatic heterocycles. The van der Waals surface area contributed by atoms with Crippen LogP contribution in [0.5, 0.6) is 0 Å². The minimum absolute atomic E-state index is 0.271. The van der Waals surface area contributed by atoms with Crippen LogP contribution in [0, 0.1) is 0 Å². The Morgan fingerprint density at radius 2 is 1.62 bits per heavy atom. The Morgan fingerprint density at radius 3 is 2.21 bits per heavy atom. The third-order valence-corrected chi connectivity index (χ3v) is 5.33. The summed E-state index contributed by atoms with van der Waals surface area (Å²) >= 11 is 0. The lowest BCUT2D eigenvalue weighted by atomic mass is 10.1. The first-order chi connectivity index (χ1) is 13.8. The highest BCUT2D eigenvalue weighted by molar-refractivity contribution is 7.88. The van der Waals surface area contributed by atoms with Gasteiger partial charge < -0.3 is 10.1 Å². The summed E-state index contributed by atoms with van der Waals surface area (Å²) in [4.78, 5) is 12.2. The molecule has 1 N–H and O–H groups in total. The van der Waals surface area contributed by atoms with Crippen molar-refractivity contribution < 1.29 is 13.7 Å². The third kappa shape index (κ3) is 10.1. The number of nitrogens with one attached hydrogen (secondary N) is 1. The van der Waals surface area contributed by atoms with Gasteiger partial charge in [0.1, 0.15) is 5.60 Å². The molecule has 0 aromatic heterocycles. The second-order valence-electron chi connectivity index (χ2n) is 7.98. The van der Waals surface area contributed by atoms with E-state index in [1.54, 1.807) is 5.41 Å². The van der Waals surface area contributed by atoms with Gasteiger partial charge in [-0.1, -0.05) is 66.7 Å². The molecule has 0 bridgehead atoms. The number of hydrogen-bond acceptors (Lipinski definition) is 3. The summed E-state index contributed by atoms with van der Waals surface area (Å²) in [5.41, 5.74) is 1.77. The number of hydrogen-bond donors (Lipinski definition) is 1. The van der Waals surface area contributed by atoms with Gasteiger partial charge in [0.25, 0.3) is 0 Å². The summed E-state index contributed by atoms with van der Waals surface area (Å²) in [6, 6.07) is 19.8. The zero-order chi connectivity index (χ0) is 21.1. The van der Waals surface area contributed by atoms with Gasteiger partial charge in [0.15, 0.2) is 0 Å². The van der Waals surface area contributed by atoms with Crippen LogP contribution >= 0.6 is 0 Å². The standard InChI is InChI=1S/C24H31NO3S/c1-24(2,3)28-23(26)25-22(18-21-15-8-5-9-16-21)19-29(27)17-11-10-14-20-12-6-4-7-13-20/h4-9,11-13,15-17,22H,10,14,18-19H2,1-3H3,(H,25,26)/b17-11+. The monoisotopic (exact) mass is 413 g/mol. The molecule has 0 aliphatic carbocycles. The van der Waals surface area contributed by atoms with E-state index in [-0.39, 0.29) is 6.04 Å². The molecule has 2 aromatic carbocycles. The summed E-state index contributed by atoms with van der Waals surface area (Å²) in [6.07, 6.45) is 3.82. The van der Waals surface area contributed by atoms with E-state index in [1.807, 2.05) is 75.4 Å². The molecule has 2 atom stereocenters. The first-order valence-corrected chi connectivity index (χ1v) is 11.3. The fraction of sp³-hybridized carbons (Fsp3) is 0.375. The predicted molar refractivity (Wildman–Crippen MR) is 120 cm³/mol. The van der Waals surface area contributed by atoms with Gasteiger partial charge in [-0.2, -0.15) is 0 Å². The molecule has 29 heavy (non-hydrogen) atoms. The molecule has 2 aromatic rings. The van der Waals surface area contributed by atoms with Crippen molar-refractivity contribution in [1.29, 1.82) is 0 Å². The predicted octanol–water partition coefficient (Wildman–Crippen LogP) is 5.02. The van der Waals surface area contributed by atoms with Crippen LogP contribution in [0.25, 0.3) is 0 Å². The summed E-state index contributed by atoms with van der Waals surface area (Å²) < 4.78 is 17.9. The van der Waals surface area contributed by atoms with E-state index in [4.69, 9.17) is 4.74 Å². The van der Waals surface area contributed by atoms with Gasteiger partial charge >= 0.3 is 6.09 Å². The van der Waals surface area contributed by atoms with Gasteiger partial charge in [-0.15, -0.1) is 0 Å². The number of aryl methyl sites for hydroxylation is 1. The molecule has 0 saturated heterocycles. The van der Waals surface area contributed by atoms with Crippen molar-refractivity contribution in [2.45, 2.75) is 51.7 Å². The highest BCUT2D eigenvalue weighted by Gasteiger charge is 2.20. The maximum Gasteiger partial charge on any atom is 0.407 e. The molecule has 2 unspecified atom stereocenters. The number of rotatable bonds is 9. The number of amides is 1. The minimum atomic E-state index is -1.17. The molecule has 0 aliphatic rings. The fourth-order valence-electron chi connectivity index (χ4n) is 2.85. The Hall–Kier alpha value is -2.40. The third-order valence-electron chi connectivity index (χ3n) is 4.10. The molecule has 2 rings (SSSR count). The Kier molecular flexibility index (Phi) is 9.13. The second-order valence-corrected chi connectivity index (χ2v) is 9.34. The summed E-state index contributed by atoms with van der Waals surface area (Å²) in [5, 5.41) is 4.61. The maximum atomic E-state index is 12.6. The van der Waals surface area contributed by atoms with E-state index in [0.29, 0.717) is 12.2 Å². The molecule has 4 nitrogen and oxygen atoms in total. The second kappa shape index (κ2) is 11.6. The topological polar surface area (TPSA) is 55.4 Å².